The Morgan fingerprint density at radius 1 is 1.09 bits per heavy atom. The summed E-state index contributed by atoms with van der Waals surface area (Å²) in [5.41, 5.74) is 4.13. The number of carbonyl (C=O) groups is 2. The SMILES string of the molecule is COC(=O)C1=C(C)NC(C)=C(C(=O)OCCC2(C)C=CC(C)=N2)C1c1cnc2ccccc2c1. The van der Waals surface area contributed by atoms with Crippen molar-refractivity contribution >= 4 is 28.6 Å². The van der Waals surface area contributed by atoms with Crippen LogP contribution >= 0.6 is 0 Å². The molecule has 2 aliphatic rings. The summed E-state index contributed by atoms with van der Waals surface area (Å²) in [6.45, 7) is 7.76. The highest BCUT2D eigenvalue weighted by Crippen LogP contribution is 2.39. The molecule has 0 aliphatic carbocycles. The van der Waals surface area contributed by atoms with E-state index in [1.54, 1.807) is 13.1 Å². The normalized spacial score (nSPS) is 22.0. The van der Waals surface area contributed by atoms with Gasteiger partial charge in [0, 0.05) is 35.1 Å². The molecule has 2 aliphatic heterocycles. The number of methoxy groups -OCH3 is 1. The van der Waals surface area contributed by atoms with Crippen LogP contribution < -0.4 is 5.32 Å². The molecule has 2 aromatic rings. The number of hydrogen-bond acceptors (Lipinski definition) is 7. The van der Waals surface area contributed by atoms with Crippen molar-refractivity contribution in [1.82, 2.24) is 10.3 Å². The van der Waals surface area contributed by atoms with Crippen LogP contribution in [0.15, 0.2) is 76.2 Å². The summed E-state index contributed by atoms with van der Waals surface area (Å²) in [5.74, 6) is -1.65. The average Bonchev–Trinajstić information content (AvgIpc) is 3.15. The molecule has 1 aromatic carbocycles. The van der Waals surface area contributed by atoms with E-state index < -0.39 is 17.9 Å². The number of hydrogen-bond donors (Lipinski definition) is 1. The number of allylic oxidation sites excluding steroid dienone is 3. The van der Waals surface area contributed by atoms with Gasteiger partial charge in [-0.15, -0.1) is 0 Å². The van der Waals surface area contributed by atoms with E-state index in [1.165, 1.54) is 7.11 Å². The highest BCUT2D eigenvalue weighted by molar-refractivity contribution is 6.00. The molecule has 1 N–H and O–H groups in total. The number of pyridine rings is 1. The first-order valence-electron chi connectivity index (χ1n) is 11.3. The molecule has 1 aromatic heterocycles. The molecule has 7 nitrogen and oxygen atoms in total. The Balaban J connectivity index is 1.68. The van der Waals surface area contributed by atoms with Gasteiger partial charge in [0.25, 0.3) is 0 Å². The van der Waals surface area contributed by atoms with Crippen LogP contribution in [0.4, 0.5) is 0 Å². The fraction of sp³-hybridized carbons (Fsp3) is 0.333. The summed E-state index contributed by atoms with van der Waals surface area (Å²) in [5, 5.41) is 4.08. The largest absolute Gasteiger partial charge is 0.466 e. The Bertz CT molecular complexity index is 1290. The van der Waals surface area contributed by atoms with Crippen LogP contribution in [-0.2, 0) is 19.1 Å². The predicted octanol–water partition coefficient (Wildman–Crippen LogP) is 4.37. The number of rotatable bonds is 6. The second-order valence-electron chi connectivity index (χ2n) is 8.92. The second-order valence-corrected chi connectivity index (χ2v) is 8.92. The number of para-hydroxylation sites is 1. The average molecular weight is 460 g/mol. The van der Waals surface area contributed by atoms with Gasteiger partial charge in [-0.1, -0.05) is 24.3 Å². The molecule has 4 rings (SSSR count). The number of fused-ring (bicyclic) bond motifs is 1. The Morgan fingerprint density at radius 2 is 1.79 bits per heavy atom. The van der Waals surface area contributed by atoms with Gasteiger partial charge >= 0.3 is 11.9 Å². The molecule has 0 saturated carbocycles. The second kappa shape index (κ2) is 9.25. The van der Waals surface area contributed by atoms with Crippen LogP contribution in [-0.4, -0.2) is 41.9 Å². The van der Waals surface area contributed by atoms with Crippen LogP contribution in [0.2, 0.25) is 0 Å². The number of dihydropyridines is 1. The van der Waals surface area contributed by atoms with E-state index in [0.717, 1.165) is 22.2 Å². The van der Waals surface area contributed by atoms with Crippen LogP contribution in [0.3, 0.4) is 0 Å². The molecule has 0 radical (unpaired) electrons. The van der Waals surface area contributed by atoms with Crippen molar-refractivity contribution in [3.8, 4) is 0 Å². The van der Waals surface area contributed by atoms with Gasteiger partial charge in [0.2, 0.25) is 0 Å². The fourth-order valence-electron chi connectivity index (χ4n) is 4.57. The zero-order chi connectivity index (χ0) is 24.5. The van der Waals surface area contributed by atoms with Crippen molar-refractivity contribution in [1.29, 1.82) is 0 Å². The standard InChI is InChI=1S/C27H29N3O4/c1-16-10-11-27(4,30-16)12-13-34-26(32)23-18(3)29-17(2)22(25(31)33-5)24(23)20-14-19-8-6-7-9-21(19)28-15-20/h6-11,14-15,24,29H,12-13H2,1-5H3. The molecule has 2 unspecified atom stereocenters. The maximum Gasteiger partial charge on any atom is 0.336 e. The van der Waals surface area contributed by atoms with E-state index in [4.69, 9.17) is 9.47 Å². The minimum absolute atomic E-state index is 0.201. The van der Waals surface area contributed by atoms with Crippen LogP contribution in [0.5, 0.6) is 0 Å². The fourth-order valence-corrected chi connectivity index (χ4v) is 4.57. The third-order valence-electron chi connectivity index (χ3n) is 6.29. The highest BCUT2D eigenvalue weighted by Gasteiger charge is 2.38. The first-order valence-corrected chi connectivity index (χ1v) is 11.3. The van der Waals surface area contributed by atoms with Gasteiger partial charge in [0.05, 0.1) is 41.8 Å². The molecular weight excluding hydrogens is 430 g/mol. The van der Waals surface area contributed by atoms with E-state index >= 15 is 0 Å². The van der Waals surface area contributed by atoms with Gasteiger partial charge in [-0.05, 0) is 51.5 Å². The number of aliphatic imine (C=N–C) groups is 1. The molecule has 34 heavy (non-hydrogen) atoms. The van der Waals surface area contributed by atoms with Crippen molar-refractivity contribution in [3.63, 3.8) is 0 Å². The van der Waals surface area contributed by atoms with Gasteiger partial charge in [-0.3, -0.25) is 9.98 Å². The van der Waals surface area contributed by atoms with Gasteiger partial charge in [0.1, 0.15) is 0 Å². The first-order chi connectivity index (χ1) is 16.2. The molecule has 0 saturated heterocycles. The molecule has 176 valence electrons. The van der Waals surface area contributed by atoms with E-state index in [-0.39, 0.29) is 12.1 Å². The minimum atomic E-state index is -0.666. The van der Waals surface area contributed by atoms with Crippen LogP contribution in [0, 0.1) is 0 Å². The lowest BCUT2D eigenvalue weighted by molar-refractivity contribution is -0.139. The molecule has 7 heteroatoms. The number of nitrogens with one attached hydrogen (secondary N) is 1. The van der Waals surface area contributed by atoms with E-state index in [1.807, 2.05) is 63.3 Å². The summed E-state index contributed by atoms with van der Waals surface area (Å²) >= 11 is 0. The van der Waals surface area contributed by atoms with E-state index in [9.17, 15) is 9.59 Å². The summed E-state index contributed by atoms with van der Waals surface area (Å²) in [6.07, 6.45) is 6.26. The maximum atomic E-state index is 13.4. The topological polar surface area (TPSA) is 89.9 Å². The Hall–Kier alpha value is -3.74. The molecule has 3 heterocycles. The summed E-state index contributed by atoms with van der Waals surface area (Å²) < 4.78 is 10.8. The van der Waals surface area contributed by atoms with Crippen molar-refractivity contribution in [2.24, 2.45) is 4.99 Å². The maximum absolute atomic E-state index is 13.4. The smallest absolute Gasteiger partial charge is 0.336 e. The molecular formula is C27H29N3O4. The molecule has 0 spiro atoms. The number of carbonyl (C=O) groups excluding carboxylic acids is 2. The summed E-state index contributed by atoms with van der Waals surface area (Å²) in [4.78, 5) is 35.4. The van der Waals surface area contributed by atoms with Gasteiger partial charge in [-0.2, -0.15) is 0 Å². The first kappa shape index (κ1) is 23.4. The number of benzene rings is 1. The number of nitrogens with zero attached hydrogens (tertiary/aromatic N) is 2. The Kier molecular flexibility index (Phi) is 6.37. The Labute approximate surface area is 199 Å². The zero-order valence-corrected chi connectivity index (χ0v) is 20.1. The number of ether oxygens (including phenoxy) is 2. The van der Waals surface area contributed by atoms with E-state index in [2.05, 4.69) is 15.3 Å². The lowest BCUT2D eigenvalue weighted by Gasteiger charge is -2.30. The summed E-state index contributed by atoms with van der Waals surface area (Å²) in [7, 11) is 1.33. The predicted molar refractivity (Wildman–Crippen MR) is 131 cm³/mol. The third-order valence-corrected chi connectivity index (χ3v) is 6.29. The lowest BCUT2D eigenvalue weighted by Crippen LogP contribution is -2.32. The van der Waals surface area contributed by atoms with Crippen molar-refractivity contribution in [2.45, 2.75) is 45.6 Å². The van der Waals surface area contributed by atoms with Crippen molar-refractivity contribution < 1.29 is 19.1 Å². The van der Waals surface area contributed by atoms with Crippen molar-refractivity contribution in [3.05, 3.63) is 76.8 Å². The monoisotopic (exact) mass is 459 g/mol. The van der Waals surface area contributed by atoms with E-state index in [0.29, 0.717) is 29.0 Å². The van der Waals surface area contributed by atoms with Crippen molar-refractivity contribution in [2.75, 3.05) is 13.7 Å². The summed E-state index contributed by atoms with van der Waals surface area (Å²) in [6, 6.07) is 9.67. The minimum Gasteiger partial charge on any atom is -0.466 e. The third kappa shape index (κ3) is 4.51. The number of aromatic nitrogens is 1. The van der Waals surface area contributed by atoms with Crippen LogP contribution in [0.1, 0.15) is 45.6 Å². The molecule has 0 fully saturated rings. The highest BCUT2D eigenvalue weighted by atomic mass is 16.5. The van der Waals surface area contributed by atoms with Crippen LogP contribution in [0.25, 0.3) is 10.9 Å². The molecule has 0 bridgehead atoms. The molecule has 0 amide bonds. The van der Waals surface area contributed by atoms with Gasteiger partial charge in [0.15, 0.2) is 0 Å². The number of esters is 2. The quantitative estimate of drug-likeness (QED) is 0.646. The lowest BCUT2D eigenvalue weighted by atomic mass is 9.80. The van der Waals surface area contributed by atoms with Gasteiger partial charge in [-0.25, -0.2) is 9.59 Å². The van der Waals surface area contributed by atoms with Gasteiger partial charge < -0.3 is 14.8 Å². The Morgan fingerprint density at radius 3 is 2.47 bits per heavy atom. The zero-order valence-electron chi connectivity index (χ0n) is 20.1. The molecule has 2 atom stereocenters.